The number of aliphatic hydroxyl groups excluding tert-OH is 1. The lowest BCUT2D eigenvalue weighted by atomic mass is 10.1. The minimum absolute atomic E-state index is 0.0249. The molecule has 0 radical (unpaired) electrons. The molecule has 0 spiro atoms. The van der Waals surface area contributed by atoms with Crippen molar-refractivity contribution in [3.05, 3.63) is 22.4 Å². The van der Waals surface area contributed by atoms with E-state index in [1.807, 2.05) is 44.5 Å². The molecule has 1 rings (SSSR count). The van der Waals surface area contributed by atoms with E-state index >= 15 is 0 Å². The Morgan fingerprint density at radius 1 is 1.53 bits per heavy atom. The van der Waals surface area contributed by atoms with Crippen molar-refractivity contribution in [2.24, 2.45) is 0 Å². The molecule has 0 saturated carbocycles. The fraction of sp³-hybridized carbons (Fsp3) is 0.643. The molecule has 0 bridgehead atoms. The predicted molar refractivity (Wildman–Crippen MR) is 77.2 cm³/mol. The molecule has 4 nitrogen and oxygen atoms in total. The van der Waals surface area contributed by atoms with Gasteiger partial charge in [-0.3, -0.25) is 4.79 Å². The summed E-state index contributed by atoms with van der Waals surface area (Å²) in [5.41, 5.74) is 0.453. The van der Waals surface area contributed by atoms with Gasteiger partial charge in [-0.25, -0.2) is 0 Å². The summed E-state index contributed by atoms with van der Waals surface area (Å²) < 4.78 is 5.25. The smallest absolute Gasteiger partial charge is 0.307 e. The summed E-state index contributed by atoms with van der Waals surface area (Å²) in [7, 11) is 0. The van der Waals surface area contributed by atoms with Crippen LogP contribution in [0.15, 0.2) is 16.8 Å². The molecule has 0 fully saturated rings. The molecule has 0 aliphatic carbocycles. The average molecular weight is 285 g/mol. The maximum atomic E-state index is 11.6. The van der Waals surface area contributed by atoms with E-state index in [2.05, 4.69) is 5.32 Å². The fourth-order valence-electron chi connectivity index (χ4n) is 1.60. The molecule has 1 aromatic rings. The van der Waals surface area contributed by atoms with E-state index in [0.29, 0.717) is 13.0 Å². The van der Waals surface area contributed by atoms with Crippen LogP contribution in [0.3, 0.4) is 0 Å². The summed E-state index contributed by atoms with van der Waals surface area (Å²) in [5, 5.41) is 16.9. The van der Waals surface area contributed by atoms with Crippen LogP contribution >= 0.6 is 11.3 Å². The summed E-state index contributed by atoms with van der Waals surface area (Å²) >= 11 is 1.56. The summed E-state index contributed by atoms with van der Waals surface area (Å²) in [6.45, 7) is 7.89. The highest BCUT2D eigenvalue weighted by atomic mass is 32.1. The van der Waals surface area contributed by atoms with Crippen molar-refractivity contribution in [1.29, 1.82) is 0 Å². The lowest BCUT2D eigenvalue weighted by molar-refractivity contribution is -0.155. The van der Waals surface area contributed by atoms with Gasteiger partial charge in [0, 0.05) is 12.6 Å². The highest BCUT2D eigenvalue weighted by Gasteiger charge is 2.18. The standard InChI is InChI=1S/C14H23NO3S/c1-10(7-13(17)18-14(2,3)4)15-8-12(16)11-5-6-19-9-11/h5-6,9-10,12,15-16H,7-8H2,1-4H3. The van der Waals surface area contributed by atoms with E-state index in [-0.39, 0.29) is 12.0 Å². The molecular weight excluding hydrogens is 262 g/mol. The van der Waals surface area contributed by atoms with Gasteiger partial charge in [0.1, 0.15) is 5.60 Å². The second-order valence-electron chi connectivity index (χ2n) is 5.67. The monoisotopic (exact) mass is 285 g/mol. The molecule has 108 valence electrons. The maximum absolute atomic E-state index is 11.6. The topological polar surface area (TPSA) is 58.6 Å². The Labute approximate surface area is 118 Å². The first-order valence-corrected chi connectivity index (χ1v) is 7.37. The SMILES string of the molecule is CC(CC(=O)OC(C)(C)C)NCC(O)c1ccsc1. The third-order valence-corrected chi connectivity index (χ3v) is 3.18. The third-order valence-electron chi connectivity index (χ3n) is 2.48. The van der Waals surface area contributed by atoms with Gasteiger partial charge in [0.25, 0.3) is 0 Å². The molecule has 0 aromatic carbocycles. The van der Waals surface area contributed by atoms with E-state index in [1.165, 1.54) is 0 Å². The maximum Gasteiger partial charge on any atom is 0.307 e. The first-order chi connectivity index (χ1) is 8.78. The number of rotatable bonds is 6. The van der Waals surface area contributed by atoms with Gasteiger partial charge in [0.05, 0.1) is 12.5 Å². The first kappa shape index (κ1) is 16.1. The quantitative estimate of drug-likeness (QED) is 0.788. The normalized spacial score (nSPS) is 15.0. The number of thiophene rings is 1. The number of nitrogens with one attached hydrogen (secondary N) is 1. The highest BCUT2D eigenvalue weighted by Crippen LogP contribution is 2.15. The Kier molecular flexibility index (Phi) is 5.97. The fourth-order valence-corrected chi connectivity index (χ4v) is 2.31. The van der Waals surface area contributed by atoms with Crippen LogP contribution in [0.5, 0.6) is 0 Å². The highest BCUT2D eigenvalue weighted by molar-refractivity contribution is 7.07. The van der Waals surface area contributed by atoms with Crippen molar-refractivity contribution in [2.75, 3.05) is 6.54 Å². The molecule has 0 aliphatic heterocycles. The van der Waals surface area contributed by atoms with E-state index in [0.717, 1.165) is 5.56 Å². The van der Waals surface area contributed by atoms with Crippen LogP contribution in [0, 0.1) is 0 Å². The van der Waals surface area contributed by atoms with Crippen LogP contribution in [0.1, 0.15) is 45.8 Å². The second-order valence-corrected chi connectivity index (χ2v) is 6.45. The summed E-state index contributed by atoms with van der Waals surface area (Å²) in [6, 6.07) is 1.87. The Hall–Kier alpha value is -0.910. The minimum atomic E-state index is -0.535. The minimum Gasteiger partial charge on any atom is -0.460 e. The zero-order valence-electron chi connectivity index (χ0n) is 12.0. The van der Waals surface area contributed by atoms with Crippen molar-refractivity contribution in [1.82, 2.24) is 5.32 Å². The lowest BCUT2D eigenvalue weighted by Gasteiger charge is -2.21. The molecule has 2 unspecified atom stereocenters. The zero-order chi connectivity index (χ0) is 14.5. The van der Waals surface area contributed by atoms with E-state index in [9.17, 15) is 9.90 Å². The van der Waals surface area contributed by atoms with Crippen molar-refractivity contribution >= 4 is 17.3 Å². The van der Waals surface area contributed by atoms with Crippen molar-refractivity contribution in [2.45, 2.75) is 51.9 Å². The molecule has 0 saturated heterocycles. The van der Waals surface area contributed by atoms with E-state index < -0.39 is 11.7 Å². The van der Waals surface area contributed by atoms with Gasteiger partial charge in [-0.1, -0.05) is 0 Å². The Morgan fingerprint density at radius 3 is 2.74 bits per heavy atom. The Balaban J connectivity index is 2.28. The lowest BCUT2D eigenvalue weighted by Crippen LogP contribution is -2.34. The van der Waals surface area contributed by atoms with Gasteiger partial charge in [0.2, 0.25) is 0 Å². The predicted octanol–water partition coefficient (Wildman–Crippen LogP) is 2.49. The molecule has 0 amide bonds. The number of ether oxygens (including phenoxy) is 1. The van der Waals surface area contributed by atoms with Crippen molar-refractivity contribution in [3.63, 3.8) is 0 Å². The van der Waals surface area contributed by atoms with Crippen LogP contribution in [0.2, 0.25) is 0 Å². The Bertz CT molecular complexity index is 384. The van der Waals surface area contributed by atoms with Crippen molar-refractivity contribution < 1.29 is 14.6 Å². The number of esters is 1. The Morgan fingerprint density at radius 2 is 2.21 bits per heavy atom. The molecule has 1 heterocycles. The van der Waals surface area contributed by atoms with Gasteiger partial charge in [-0.2, -0.15) is 11.3 Å². The van der Waals surface area contributed by atoms with Crippen LogP contribution < -0.4 is 5.32 Å². The molecule has 19 heavy (non-hydrogen) atoms. The molecule has 5 heteroatoms. The van der Waals surface area contributed by atoms with Gasteiger partial charge in [0.15, 0.2) is 0 Å². The largest absolute Gasteiger partial charge is 0.460 e. The summed E-state index contributed by atoms with van der Waals surface area (Å²) in [6.07, 6.45) is -0.236. The van der Waals surface area contributed by atoms with Crippen LogP contribution in [0.4, 0.5) is 0 Å². The number of hydrogen-bond donors (Lipinski definition) is 2. The van der Waals surface area contributed by atoms with Gasteiger partial charge in [-0.05, 0) is 50.1 Å². The average Bonchev–Trinajstić information content (AvgIpc) is 2.76. The number of aliphatic hydroxyl groups is 1. The number of carbonyl (C=O) groups is 1. The van der Waals surface area contributed by atoms with Crippen LogP contribution in [0.25, 0.3) is 0 Å². The number of hydrogen-bond acceptors (Lipinski definition) is 5. The van der Waals surface area contributed by atoms with Gasteiger partial charge >= 0.3 is 5.97 Å². The molecule has 0 aliphatic rings. The molecule has 2 N–H and O–H groups in total. The second kappa shape index (κ2) is 7.03. The summed E-state index contributed by atoms with van der Waals surface area (Å²) in [4.78, 5) is 11.6. The summed E-state index contributed by atoms with van der Waals surface area (Å²) in [5.74, 6) is -0.225. The van der Waals surface area contributed by atoms with Crippen LogP contribution in [-0.2, 0) is 9.53 Å². The third kappa shape index (κ3) is 6.71. The zero-order valence-corrected chi connectivity index (χ0v) is 12.8. The van der Waals surface area contributed by atoms with Gasteiger partial charge < -0.3 is 15.2 Å². The molecular formula is C14H23NO3S. The van der Waals surface area contributed by atoms with Crippen LogP contribution in [-0.4, -0.2) is 29.3 Å². The molecule has 2 atom stereocenters. The number of carbonyl (C=O) groups excluding carboxylic acids is 1. The van der Waals surface area contributed by atoms with Crippen molar-refractivity contribution in [3.8, 4) is 0 Å². The van der Waals surface area contributed by atoms with Gasteiger partial charge in [-0.15, -0.1) is 0 Å². The molecule has 1 aromatic heterocycles. The first-order valence-electron chi connectivity index (χ1n) is 6.43. The van der Waals surface area contributed by atoms with E-state index in [4.69, 9.17) is 4.74 Å². The van der Waals surface area contributed by atoms with E-state index in [1.54, 1.807) is 11.3 Å².